The van der Waals surface area contributed by atoms with Gasteiger partial charge in [-0.2, -0.15) is 13.2 Å². The van der Waals surface area contributed by atoms with E-state index in [9.17, 15) is 22.8 Å². The molecule has 2 heterocycles. The van der Waals surface area contributed by atoms with Gasteiger partial charge in [-0.15, -0.1) is 22.0 Å². The molecule has 1 aliphatic heterocycles. The first-order valence-corrected chi connectivity index (χ1v) is 8.23. The van der Waals surface area contributed by atoms with Gasteiger partial charge in [-0.05, 0) is 18.2 Å². The van der Waals surface area contributed by atoms with E-state index in [2.05, 4.69) is 15.5 Å². The number of nitrogens with zero attached hydrogens (tertiary/aromatic N) is 2. The molecule has 3 rings (SSSR count). The van der Waals surface area contributed by atoms with Crippen molar-refractivity contribution in [2.45, 2.75) is 36.3 Å². The third kappa shape index (κ3) is 4.15. The number of carbonyl (C=O) groups excluding carboxylic acids is 2. The lowest BCUT2D eigenvalue weighted by Crippen LogP contribution is -2.31. The molecule has 1 unspecified atom stereocenters. The van der Waals surface area contributed by atoms with Gasteiger partial charge < -0.3 is 14.5 Å². The Morgan fingerprint density at radius 3 is 2.81 bits per heavy atom. The molecule has 0 radical (unpaired) electrons. The highest BCUT2D eigenvalue weighted by molar-refractivity contribution is 8.01. The summed E-state index contributed by atoms with van der Waals surface area (Å²) in [6, 6.07) is 3.06. The molecule has 1 atom stereocenters. The van der Waals surface area contributed by atoms with Crippen molar-refractivity contribution in [2.24, 2.45) is 0 Å². The van der Waals surface area contributed by atoms with Gasteiger partial charge in [0.1, 0.15) is 0 Å². The molecule has 138 valence electrons. The number of amides is 1. The number of halogens is 3. The molecule has 0 saturated carbocycles. The number of alkyl halides is 3. The van der Waals surface area contributed by atoms with Gasteiger partial charge in [-0.3, -0.25) is 9.59 Å². The van der Waals surface area contributed by atoms with Gasteiger partial charge in [0.2, 0.25) is 11.8 Å². The number of hydrogen-bond donors (Lipinski definition) is 1. The number of nitrogens with one attached hydrogen (secondary N) is 1. The van der Waals surface area contributed by atoms with Crippen LogP contribution in [0, 0.1) is 6.92 Å². The van der Waals surface area contributed by atoms with E-state index < -0.39 is 28.9 Å². The summed E-state index contributed by atoms with van der Waals surface area (Å²) in [7, 11) is 0. The Morgan fingerprint density at radius 1 is 1.38 bits per heavy atom. The number of aromatic nitrogens is 2. The highest BCUT2D eigenvalue weighted by Crippen LogP contribution is 2.40. The summed E-state index contributed by atoms with van der Waals surface area (Å²) in [6.07, 6.45) is -4.75. The fourth-order valence-corrected chi connectivity index (χ4v) is 3.28. The predicted octanol–water partition coefficient (Wildman–Crippen LogP) is 2.94. The van der Waals surface area contributed by atoms with Gasteiger partial charge in [0, 0.05) is 11.8 Å². The molecule has 1 aliphatic rings. The van der Waals surface area contributed by atoms with Crippen molar-refractivity contribution in [1.29, 1.82) is 0 Å². The van der Waals surface area contributed by atoms with Gasteiger partial charge >= 0.3 is 12.1 Å². The lowest BCUT2D eigenvalue weighted by atomic mass is 10.1. The van der Waals surface area contributed by atoms with Crippen LogP contribution in [0.4, 0.5) is 18.9 Å². The summed E-state index contributed by atoms with van der Waals surface area (Å²) >= 11 is 1.01. The van der Waals surface area contributed by atoms with Crippen molar-refractivity contribution in [1.82, 2.24) is 10.2 Å². The zero-order valence-electron chi connectivity index (χ0n) is 13.3. The van der Waals surface area contributed by atoms with E-state index in [0.29, 0.717) is 10.8 Å². The third-order valence-electron chi connectivity index (χ3n) is 3.40. The number of hydrogen-bond acceptors (Lipinski definition) is 7. The number of anilines is 1. The van der Waals surface area contributed by atoms with Crippen LogP contribution in [-0.4, -0.2) is 27.3 Å². The molecule has 0 saturated heterocycles. The van der Waals surface area contributed by atoms with Gasteiger partial charge in [-0.25, -0.2) is 0 Å². The number of thioether (sulfide) groups is 1. The second-order valence-electron chi connectivity index (χ2n) is 5.38. The molecule has 0 fully saturated rings. The summed E-state index contributed by atoms with van der Waals surface area (Å²) in [5.41, 5.74) is -0.786. The minimum atomic E-state index is -4.50. The SMILES string of the molecule is Cc1nnc(COC(=O)CC2Sc3ccc(C(F)(F)F)cc3NC2=O)o1. The molecule has 1 aromatic carbocycles. The van der Waals surface area contributed by atoms with Crippen LogP contribution >= 0.6 is 11.8 Å². The highest BCUT2D eigenvalue weighted by Gasteiger charge is 2.34. The molecular formula is C15H12F3N3O4S. The van der Waals surface area contributed by atoms with Crippen molar-refractivity contribution in [3.63, 3.8) is 0 Å². The van der Waals surface area contributed by atoms with Crippen LogP contribution < -0.4 is 5.32 Å². The molecule has 1 N–H and O–H groups in total. The number of benzene rings is 1. The standard InChI is InChI=1S/C15H12F3N3O4S/c1-7-20-21-12(25-7)6-24-13(22)5-11-14(23)19-9-4-8(15(16,17)18)2-3-10(9)26-11/h2-4,11H,5-6H2,1H3,(H,19,23). The van der Waals surface area contributed by atoms with E-state index in [0.717, 1.165) is 23.9 Å². The molecule has 2 aromatic rings. The van der Waals surface area contributed by atoms with Crippen molar-refractivity contribution >= 4 is 29.3 Å². The Labute approximate surface area is 149 Å². The average Bonchev–Trinajstić information content (AvgIpc) is 2.98. The Bertz CT molecular complexity index is 853. The van der Waals surface area contributed by atoms with Crippen molar-refractivity contribution in [2.75, 3.05) is 5.32 Å². The van der Waals surface area contributed by atoms with Crippen molar-refractivity contribution in [3.05, 3.63) is 35.5 Å². The average molecular weight is 387 g/mol. The fraction of sp³-hybridized carbons (Fsp3) is 0.333. The largest absolute Gasteiger partial charge is 0.456 e. The van der Waals surface area contributed by atoms with Crippen LogP contribution in [0.25, 0.3) is 0 Å². The second kappa shape index (κ2) is 6.98. The van der Waals surface area contributed by atoms with E-state index >= 15 is 0 Å². The quantitative estimate of drug-likeness (QED) is 0.806. The molecule has 1 aromatic heterocycles. The topological polar surface area (TPSA) is 94.3 Å². The predicted molar refractivity (Wildman–Crippen MR) is 83.2 cm³/mol. The molecule has 11 heteroatoms. The zero-order valence-corrected chi connectivity index (χ0v) is 14.1. The second-order valence-corrected chi connectivity index (χ2v) is 6.63. The van der Waals surface area contributed by atoms with E-state index in [1.54, 1.807) is 6.92 Å². The van der Waals surface area contributed by atoms with Crippen LogP contribution in [-0.2, 0) is 27.1 Å². The van der Waals surface area contributed by atoms with Crippen molar-refractivity contribution in [3.8, 4) is 0 Å². The molecule has 0 bridgehead atoms. The first-order chi connectivity index (χ1) is 12.2. The number of fused-ring (bicyclic) bond motifs is 1. The maximum Gasteiger partial charge on any atom is 0.416 e. The summed E-state index contributed by atoms with van der Waals surface area (Å²) < 4.78 is 48.2. The molecule has 26 heavy (non-hydrogen) atoms. The van der Waals surface area contributed by atoms with Gasteiger partial charge in [0.15, 0.2) is 6.61 Å². The van der Waals surface area contributed by atoms with Crippen LogP contribution in [0.5, 0.6) is 0 Å². The molecule has 7 nitrogen and oxygen atoms in total. The monoisotopic (exact) mass is 387 g/mol. The molecule has 0 aliphatic carbocycles. The first kappa shape index (κ1) is 18.2. The van der Waals surface area contributed by atoms with Crippen LogP contribution in [0.1, 0.15) is 23.8 Å². The minimum Gasteiger partial charge on any atom is -0.456 e. The minimum absolute atomic E-state index is 0.0702. The lowest BCUT2D eigenvalue weighted by molar-refractivity contribution is -0.146. The maximum atomic E-state index is 12.7. The fourth-order valence-electron chi connectivity index (χ4n) is 2.21. The summed E-state index contributed by atoms with van der Waals surface area (Å²) in [5, 5.41) is 8.84. The Kier molecular flexibility index (Phi) is 4.90. The molecule has 0 spiro atoms. The van der Waals surface area contributed by atoms with E-state index in [1.807, 2.05) is 0 Å². The number of ether oxygens (including phenoxy) is 1. The zero-order chi connectivity index (χ0) is 18.9. The smallest absolute Gasteiger partial charge is 0.416 e. The normalized spacial score (nSPS) is 16.8. The number of aryl methyl sites for hydroxylation is 1. The van der Waals surface area contributed by atoms with E-state index in [4.69, 9.17) is 9.15 Å². The molecule has 1 amide bonds. The van der Waals surface area contributed by atoms with Gasteiger partial charge in [-0.1, -0.05) is 0 Å². The summed E-state index contributed by atoms with van der Waals surface area (Å²) in [4.78, 5) is 24.4. The van der Waals surface area contributed by atoms with Crippen LogP contribution in [0.15, 0.2) is 27.5 Å². The van der Waals surface area contributed by atoms with Crippen LogP contribution in [0.2, 0.25) is 0 Å². The maximum absolute atomic E-state index is 12.7. The Morgan fingerprint density at radius 2 is 2.15 bits per heavy atom. The first-order valence-electron chi connectivity index (χ1n) is 7.36. The number of esters is 1. The third-order valence-corrected chi connectivity index (χ3v) is 4.68. The highest BCUT2D eigenvalue weighted by atomic mass is 32.2. The van der Waals surface area contributed by atoms with E-state index in [-0.39, 0.29) is 24.6 Å². The summed E-state index contributed by atoms with van der Waals surface area (Å²) in [5.74, 6) is -0.772. The Hall–Kier alpha value is -2.56. The van der Waals surface area contributed by atoms with E-state index in [1.165, 1.54) is 6.07 Å². The number of rotatable bonds is 4. The van der Waals surface area contributed by atoms with Crippen molar-refractivity contribution < 1.29 is 31.9 Å². The Balaban J connectivity index is 1.62. The number of carbonyl (C=O) groups is 2. The lowest BCUT2D eigenvalue weighted by Gasteiger charge is -2.24. The van der Waals surface area contributed by atoms with Gasteiger partial charge in [0.25, 0.3) is 5.89 Å². The molecular weight excluding hydrogens is 375 g/mol. The summed E-state index contributed by atoms with van der Waals surface area (Å²) in [6.45, 7) is 1.37. The van der Waals surface area contributed by atoms with Gasteiger partial charge in [0.05, 0.1) is 22.9 Å². The van der Waals surface area contributed by atoms with Crippen LogP contribution in [0.3, 0.4) is 0 Å².